The Morgan fingerprint density at radius 1 is 1.16 bits per heavy atom. The van der Waals surface area contributed by atoms with Gasteiger partial charge in [-0.05, 0) is 30.6 Å². The number of halogens is 1. The van der Waals surface area contributed by atoms with Crippen LogP contribution in [-0.4, -0.2) is 76.0 Å². The highest BCUT2D eigenvalue weighted by Gasteiger charge is 2.38. The third-order valence-electron chi connectivity index (χ3n) is 7.10. The lowest BCUT2D eigenvalue weighted by Crippen LogP contribution is -2.49. The zero-order chi connectivity index (χ0) is 22.4. The molecule has 5 aliphatic rings. The van der Waals surface area contributed by atoms with Crippen molar-refractivity contribution < 1.29 is 19.1 Å². The largest absolute Gasteiger partial charge is 0.368 e. The van der Waals surface area contributed by atoms with Crippen molar-refractivity contribution in [2.75, 3.05) is 33.2 Å². The van der Waals surface area contributed by atoms with E-state index >= 15 is 0 Å². The van der Waals surface area contributed by atoms with Gasteiger partial charge in [-0.25, -0.2) is 4.39 Å². The van der Waals surface area contributed by atoms with Crippen LogP contribution >= 0.6 is 0 Å². The second-order valence-electron chi connectivity index (χ2n) is 8.91. The highest BCUT2D eigenvalue weighted by atomic mass is 19.1. The Hall–Kier alpha value is -2.87. The van der Waals surface area contributed by atoms with Gasteiger partial charge in [0, 0.05) is 64.6 Å². The summed E-state index contributed by atoms with van der Waals surface area (Å²) in [6, 6.07) is 0. The number of carbonyl (C=O) groups is 2. The van der Waals surface area contributed by atoms with Crippen molar-refractivity contribution in [1.82, 2.24) is 19.6 Å². The smallest absolute Gasteiger partial charge is 0.226 e. The van der Waals surface area contributed by atoms with Crippen LogP contribution in [0.25, 0.3) is 0 Å². The van der Waals surface area contributed by atoms with Gasteiger partial charge in [-0.2, -0.15) is 0 Å². The Balaban J connectivity index is 1.29. The Labute approximate surface area is 187 Å². The van der Waals surface area contributed by atoms with Crippen LogP contribution in [0, 0.1) is 0 Å². The van der Waals surface area contributed by atoms with Gasteiger partial charge in [0.15, 0.2) is 6.23 Å². The number of fused-ring (bicyclic) bond motifs is 3. The van der Waals surface area contributed by atoms with Gasteiger partial charge in [0.25, 0.3) is 0 Å². The van der Waals surface area contributed by atoms with Crippen molar-refractivity contribution >= 4 is 11.8 Å². The van der Waals surface area contributed by atoms with E-state index in [-0.39, 0.29) is 30.5 Å². The van der Waals surface area contributed by atoms with Crippen LogP contribution in [0.4, 0.5) is 4.39 Å². The van der Waals surface area contributed by atoms with Crippen LogP contribution in [0.5, 0.6) is 0 Å². The van der Waals surface area contributed by atoms with E-state index < -0.39 is 6.23 Å². The topological polar surface area (TPSA) is 67.3 Å². The Morgan fingerprint density at radius 2 is 2.00 bits per heavy atom. The Morgan fingerprint density at radius 3 is 2.84 bits per heavy atom. The van der Waals surface area contributed by atoms with Crippen molar-refractivity contribution in [3.63, 3.8) is 0 Å². The average molecular weight is 441 g/mol. The first-order valence-corrected chi connectivity index (χ1v) is 11.4. The number of nitrogens with zero attached hydrogens (tertiary/aromatic N) is 4. The monoisotopic (exact) mass is 440 g/mol. The molecule has 0 spiro atoms. The van der Waals surface area contributed by atoms with Crippen LogP contribution < -0.4 is 0 Å². The highest BCUT2D eigenvalue weighted by molar-refractivity contribution is 5.81. The maximum Gasteiger partial charge on any atom is 0.226 e. The van der Waals surface area contributed by atoms with Gasteiger partial charge in [0.2, 0.25) is 11.8 Å². The van der Waals surface area contributed by atoms with Crippen LogP contribution in [0.2, 0.25) is 0 Å². The van der Waals surface area contributed by atoms with E-state index in [1.54, 1.807) is 17.1 Å². The maximum atomic E-state index is 14.0. The van der Waals surface area contributed by atoms with E-state index in [0.29, 0.717) is 32.5 Å². The number of hydrogen-bond acceptors (Lipinski definition) is 5. The first-order chi connectivity index (χ1) is 15.4. The summed E-state index contributed by atoms with van der Waals surface area (Å²) in [6.45, 7) is 2.28. The molecule has 5 rings (SSSR count). The molecule has 0 aromatic heterocycles. The van der Waals surface area contributed by atoms with E-state index in [4.69, 9.17) is 0 Å². The molecule has 0 radical (unpaired) electrons. The van der Waals surface area contributed by atoms with Gasteiger partial charge in [-0.15, -0.1) is 0 Å². The minimum Gasteiger partial charge on any atom is -0.368 e. The number of piperazine rings is 1. The van der Waals surface area contributed by atoms with Crippen molar-refractivity contribution in [2.45, 2.75) is 44.8 Å². The van der Waals surface area contributed by atoms with Crippen LogP contribution in [0.3, 0.4) is 0 Å². The molecular formula is C24H29FN4O3. The maximum absolute atomic E-state index is 14.0. The van der Waals surface area contributed by atoms with E-state index in [1.165, 1.54) is 11.6 Å². The van der Waals surface area contributed by atoms with Crippen molar-refractivity contribution in [2.24, 2.45) is 0 Å². The lowest BCUT2D eigenvalue weighted by molar-refractivity contribution is -0.132. The fourth-order valence-electron chi connectivity index (χ4n) is 5.34. The summed E-state index contributed by atoms with van der Waals surface area (Å²) in [5.41, 5.74) is 4.71. The summed E-state index contributed by atoms with van der Waals surface area (Å²) < 4.78 is 14.0. The first-order valence-electron chi connectivity index (χ1n) is 11.4. The van der Waals surface area contributed by atoms with Crippen LogP contribution in [0.15, 0.2) is 58.5 Å². The summed E-state index contributed by atoms with van der Waals surface area (Å²) >= 11 is 0. The number of aliphatic hydroxyl groups excluding tert-OH is 1. The quantitative estimate of drug-likeness (QED) is 0.730. The van der Waals surface area contributed by atoms with Gasteiger partial charge < -0.3 is 24.7 Å². The average Bonchev–Trinajstić information content (AvgIpc) is 3.21. The molecular weight excluding hydrogens is 411 g/mol. The third kappa shape index (κ3) is 3.56. The van der Waals surface area contributed by atoms with Gasteiger partial charge in [-0.3, -0.25) is 9.59 Å². The fourth-order valence-corrected chi connectivity index (χ4v) is 5.34. The first kappa shape index (κ1) is 21.0. The molecule has 1 N–H and O–H groups in total. The fraction of sp³-hybridized carbons (Fsp3) is 0.500. The molecule has 32 heavy (non-hydrogen) atoms. The molecule has 4 aliphatic heterocycles. The highest BCUT2D eigenvalue weighted by Crippen LogP contribution is 2.39. The number of rotatable bonds is 3. The SMILES string of the molecule is CN1C(=O)CCC2=C1CCN(C(=O)CCN1C3=CCC(F)=CC=C3N3CCC=C3C1O)C2. The molecule has 2 amide bonds. The number of aliphatic hydroxyl groups is 1. The van der Waals surface area contributed by atoms with E-state index in [1.807, 2.05) is 27.8 Å². The lowest BCUT2D eigenvalue weighted by atomic mass is 9.96. The van der Waals surface area contributed by atoms with E-state index in [2.05, 4.69) is 0 Å². The number of carbonyl (C=O) groups excluding carboxylic acids is 2. The summed E-state index contributed by atoms with van der Waals surface area (Å²) in [6.07, 6.45) is 9.42. The molecule has 1 fully saturated rings. The molecule has 1 saturated heterocycles. The zero-order valence-corrected chi connectivity index (χ0v) is 18.4. The standard InChI is InChI=1S/C24H29FN4O3/c1-26-18-10-13-27(15-16(18)4-9-22(26)30)23(31)11-14-29-20-8-6-17(25)5-7-19(20)28-12-2-3-21(28)24(29)32/h3,5,7-8,24,32H,2,4,6,9-15H2,1H3. The van der Waals surface area contributed by atoms with Gasteiger partial charge >= 0.3 is 0 Å². The Bertz CT molecular complexity index is 1010. The molecule has 0 bridgehead atoms. The van der Waals surface area contributed by atoms with Gasteiger partial charge in [0.05, 0.1) is 17.1 Å². The molecule has 0 saturated carbocycles. The molecule has 7 nitrogen and oxygen atoms in total. The predicted octanol–water partition coefficient (Wildman–Crippen LogP) is 2.36. The summed E-state index contributed by atoms with van der Waals surface area (Å²) in [7, 11) is 1.82. The zero-order valence-electron chi connectivity index (χ0n) is 18.4. The van der Waals surface area contributed by atoms with Crippen molar-refractivity contribution in [3.05, 3.63) is 58.5 Å². The van der Waals surface area contributed by atoms with Gasteiger partial charge in [-0.1, -0.05) is 12.2 Å². The van der Waals surface area contributed by atoms with Gasteiger partial charge in [0.1, 0.15) is 5.83 Å². The van der Waals surface area contributed by atoms with Crippen LogP contribution in [0.1, 0.15) is 38.5 Å². The molecule has 4 heterocycles. The molecule has 170 valence electrons. The molecule has 1 atom stereocenters. The minimum atomic E-state index is -0.844. The molecule has 8 heteroatoms. The number of allylic oxidation sites excluding steroid dienone is 4. The van der Waals surface area contributed by atoms with Crippen molar-refractivity contribution in [1.29, 1.82) is 0 Å². The summed E-state index contributed by atoms with van der Waals surface area (Å²) in [5.74, 6) is -0.0394. The molecule has 1 unspecified atom stereocenters. The second kappa shape index (κ2) is 8.24. The minimum absolute atomic E-state index is 0.0372. The van der Waals surface area contributed by atoms with E-state index in [9.17, 15) is 19.1 Å². The third-order valence-corrected chi connectivity index (χ3v) is 7.10. The second-order valence-corrected chi connectivity index (χ2v) is 8.91. The normalized spacial score (nSPS) is 25.5. The number of amides is 2. The van der Waals surface area contributed by atoms with E-state index in [0.717, 1.165) is 42.2 Å². The van der Waals surface area contributed by atoms with Crippen LogP contribution in [-0.2, 0) is 9.59 Å². The molecule has 1 aliphatic carbocycles. The lowest BCUT2D eigenvalue weighted by Gasteiger charge is -2.44. The predicted molar refractivity (Wildman–Crippen MR) is 117 cm³/mol. The number of hydrogen-bond donors (Lipinski definition) is 1. The summed E-state index contributed by atoms with van der Waals surface area (Å²) in [5, 5.41) is 11.0. The molecule has 0 aromatic rings. The summed E-state index contributed by atoms with van der Waals surface area (Å²) in [4.78, 5) is 32.5. The Kier molecular flexibility index (Phi) is 5.41. The van der Waals surface area contributed by atoms with Crippen molar-refractivity contribution in [3.8, 4) is 0 Å². The molecule has 0 aromatic carbocycles.